The van der Waals surface area contributed by atoms with Crippen LogP contribution in [0, 0.1) is 6.92 Å². The first-order valence-corrected chi connectivity index (χ1v) is 8.79. The molecule has 0 saturated carbocycles. The summed E-state index contributed by atoms with van der Waals surface area (Å²) in [5.74, 6) is 2.64. The zero-order chi connectivity index (χ0) is 16.5. The molecular formula is C19H24N4O. The van der Waals surface area contributed by atoms with E-state index in [1.165, 1.54) is 11.3 Å². The number of nitrogens with one attached hydrogen (secondary N) is 1. The van der Waals surface area contributed by atoms with Gasteiger partial charge in [-0.25, -0.2) is 9.97 Å². The maximum Gasteiger partial charge on any atom is 0.139 e. The maximum absolute atomic E-state index is 5.68. The van der Waals surface area contributed by atoms with Gasteiger partial charge >= 0.3 is 0 Å². The summed E-state index contributed by atoms with van der Waals surface area (Å²) in [5, 5.41) is 3.43. The van der Waals surface area contributed by atoms with E-state index in [4.69, 9.17) is 4.74 Å². The van der Waals surface area contributed by atoms with Crippen LogP contribution in [0.4, 0.5) is 17.3 Å². The van der Waals surface area contributed by atoms with Crippen LogP contribution in [0.3, 0.4) is 0 Å². The van der Waals surface area contributed by atoms with Crippen LogP contribution in [0.15, 0.2) is 30.3 Å². The molecule has 0 amide bonds. The molecule has 2 unspecified atom stereocenters. The summed E-state index contributed by atoms with van der Waals surface area (Å²) in [6.07, 6.45) is 3.64. The highest BCUT2D eigenvalue weighted by Gasteiger charge is 2.28. The van der Waals surface area contributed by atoms with Crippen LogP contribution in [0.25, 0.3) is 0 Å². The number of anilines is 3. The average molecular weight is 324 g/mol. The molecule has 2 aromatic rings. The van der Waals surface area contributed by atoms with Crippen molar-refractivity contribution in [3.8, 4) is 0 Å². The second-order valence-electron chi connectivity index (χ2n) is 6.73. The molecule has 0 aliphatic carbocycles. The fourth-order valence-electron chi connectivity index (χ4n) is 3.70. The molecule has 24 heavy (non-hydrogen) atoms. The van der Waals surface area contributed by atoms with E-state index < -0.39 is 0 Å². The number of rotatable bonds is 4. The number of benzene rings is 1. The third kappa shape index (κ3) is 2.96. The van der Waals surface area contributed by atoms with Gasteiger partial charge in [0.2, 0.25) is 0 Å². The molecule has 5 nitrogen and oxygen atoms in total. The van der Waals surface area contributed by atoms with Gasteiger partial charge in [-0.05, 0) is 44.7 Å². The van der Waals surface area contributed by atoms with Crippen LogP contribution >= 0.6 is 0 Å². The Bertz CT molecular complexity index is 727. The number of aryl methyl sites for hydroxylation is 1. The highest BCUT2D eigenvalue weighted by atomic mass is 16.5. The van der Waals surface area contributed by atoms with Gasteiger partial charge in [-0.2, -0.15) is 0 Å². The number of hydrogen-bond acceptors (Lipinski definition) is 5. The van der Waals surface area contributed by atoms with Gasteiger partial charge in [-0.15, -0.1) is 0 Å². The van der Waals surface area contributed by atoms with Crippen molar-refractivity contribution in [3.05, 3.63) is 41.7 Å². The summed E-state index contributed by atoms with van der Waals surface area (Å²) in [4.78, 5) is 11.6. The molecule has 2 aliphatic heterocycles. The molecule has 0 spiro atoms. The van der Waals surface area contributed by atoms with Crippen molar-refractivity contribution in [3.63, 3.8) is 0 Å². The lowest BCUT2D eigenvalue weighted by Crippen LogP contribution is -2.26. The van der Waals surface area contributed by atoms with E-state index in [0.29, 0.717) is 12.1 Å². The number of hydrogen-bond donors (Lipinski definition) is 1. The molecule has 1 saturated heterocycles. The Labute approximate surface area is 143 Å². The Morgan fingerprint density at radius 2 is 2.17 bits per heavy atom. The smallest absolute Gasteiger partial charge is 0.139 e. The first-order valence-electron chi connectivity index (χ1n) is 8.79. The Kier molecular flexibility index (Phi) is 4.10. The maximum atomic E-state index is 5.68. The summed E-state index contributed by atoms with van der Waals surface area (Å²) >= 11 is 0. The summed E-state index contributed by atoms with van der Waals surface area (Å²) in [5.41, 5.74) is 2.64. The van der Waals surface area contributed by atoms with Gasteiger partial charge < -0.3 is 15.0 Å². The lowest BCUT2D eigenvalue weighted by atomic mass is 10.1. The first kappa shape index (κ1) is 15.4. The molecule has 5 heteroatoms. The molecule has 1 aromatic carbocycles. The molecule has 3 heterocycles. The fourth-order valence-corrected chi connectivity index (χ4v) is 3.70. The van der Waals surface area contributed by atoms with Crippen LogP contribution in [0.1, 0.15) is 31.2 Å². The topological polar surface area (TPSA) is 50.3 Å². The average Bonchev–Trinajstić information content (AvgIpc) is 3.18. The minimum atomic E-state index is 0.301. The number of aromatic nitrogens is 2. The van der Waals surface area contributed by atoms with Gasteiger partial charge in [-0.1, -0.05) is 18.2 Å². The van der Waals surface area contributed by atoms with Gasteiger partial charge in [0.15, 0.2) is 0 Å². The minimum absolute atomic E-state index is 0.301. The highest BCUT2D eigenvalue weighted by molar-refractivity contribution is 5.70. The van der Waals surface area contributed by atoms with E-state index in [1.54, 1.807) is 0 Å². The monoisotopic (exact) mass is 324 g/mol. The lowest BCUT2D eigenvalue weighted by molar-refractivity contribution is 0.120. The first-order chi connectivity index (χ1) is 11.7. The molecule has 1 fully saturated rings. The normalized spacial score (nSPS) is 22.7. The minimum Gasteiger partial charge on any atom is -0.376 e. The van der Waals surface area contributed by atoms with Crippen LogP contribution in [0.2, 0.25) is 0 Å². The number of ether oxygens (including phenoxy) is 1. The summed E-state index contributed by atoms with van der Waals surface area (Å²) in [6, 6.07) is 11.0. The van der Waals surface area contributed by atoms with Gasteiger partial charge in [0.05, 0.1) is 6.10 Å². The second kappa shape index (κ2) is 6.40. The molecular weight excluding hydrogens is 300 g/mol. The van der Waals surface area contributed by atoms with E-state index in [9.17, 15) is 0 Å². The number of fused-ring (bicyclic) bond motifs is 1. The van der Waals surface area contributed by atoms with Crippen molar-refractivity contribution < 1.29 is 4.74 Å². The van der Waals surface area contributed by atoms with E-state index in [0.717, 1.165) is 49.9 Å². The lowest BCUT2D eigenvalue weighted by Gasteiger charge is -2.24. The molecule has 2 atom stereocenters. The van der Waals surface area contributed by atoms with Crippen LogP contribution < -0.4 is 10.2 Å². The Morgan fingerprint density at radius 3 is 3.00 bits per heavy atom. The molecule has 126 valence electrons. The van der Waals surface area contributed by atoms with E-state index in [-0.39, 0.29) is 0 Å². The van der Waals surface area contributed by atoms with Crippen molar-refractivity contribution in [2.24, 2.45) is 0 Å². The Balaban J connectivity index is 1.59. The van der Waals surface area contributed by atoms with Crippen molar-refractivity contribution in [2.75, 3.05) is 23.4 Å². The van der Waals surface area contributed by atoms with Crippen LogP contribution in [0.5, 0.6) is 0 Å². The van der Waals surface area contributed by atoms with Gasteiger partial charge in [0.25, 0.3) is 0 Å². The third-order valence-corrected chi connectivity index (χ3v) is 4.81. The van der Waals surface area contributed by atoms with E-state index >= 15 is 0 Å². The predicted octanol–water partition coefficient (Wildman–Crippen LogP) is 3.46. The van der Waals surface area contributed by atoms with Crippen molar-refractivity contribution in [1.82, 2.24) is 9.97 Å². The molecule has 1 N–H and O–H groups in total. The zero-order valence-corrected chi connectivity index (χ0v) is 14.3. The quantitative estimate of drug-likeness (QED) is 0.933. The number of nitrogens with zero attached hydrogens (tertiary/aromatic N) is 3. The highest BCUT2D eigenvalue weighted by Crippen LogP contribution is 2.37. The standard InChI is InChI=1S/C19H24N4O/c1-13-10-15-6-3-4-8-17(15)23(13)19-11-18(21-14(2)22-19)20-12-16-7-5-9-24-16/h3-4,6,8,11,13,16H,5,7,9-10,12H2,1-2H3,(H,20,21,22). The van der Waals surface area contributed by atoms with Crippen LogP contribution in [-0.4, -0.2) is 35.3 Å². The fraction of sp³-hybridized carbons (Fsp3) is 0.474. The van der Waals surface area contributed by atoms with Crippen molar-refractivity contribution in [1.29, 1.82) is 0 Å². The molecule has 0 radical (unpaired) electrons. The molecule has 0 bridgehead atoms. The predicted molar refractivity (Wildman–Crippen MR) is 96.0 cm³/mol. The van der Waals surface area contributed by atoms with Crippen LogP contribution in [-0.2, 0) is 11.2 Å². The van der Waals surface area contributed by atoms with Gasteiger partial charge in [0, 0.05) is 30.9 Å². The molecule has 2 aliphatic rings. The second-order valence-corrected chi connectivity index (χ2v) is 6.73. The molecule has 4 rings (SSSR count). The molecule has 1 aromatic heterocycles. The van der Waals surface area contributed by atoms with E-state index in [1.807, 2.05) is 6.92 Å². The van der Waals surface area contributed by atoms with Gasteiger partial charge in [-0.3, -0.25) is 0 Å². The number of para-hydroxylation sites is 1. The third-order valence-electron chi connectivity index (χ3n) is 4.81. The largest absolute Gasteiger partial charge is 0.376 e. The Morgan fingerprint density at radius 1 is 1.29 bits per heavy atom. The Hall–Kier alpha value is -2.14. The summed E-state index contributed by atoms with van der Waals surface area (Å²) < 4.78 is 5.68. The SMILES string of the molecule is Cc1nc(NCC2CCCO2)cc(N2c3ccccc3CC2C)n1. The van der Waals surface area contributed by atoms with Crippen molar-refractivity contribution >= 4 is 17.3 Å². The summed E-state index contributed by atoms with van der Waals surface area (Å²) in [6.45, 7) is 5.88. The zero-order valence-electron chi connectivity index (χ0n) is 14.3. The van der Waals surface area contributed by atoms with Gasteiger partial charge in [0.1, 0.15) is 17.5 Å². The summed E-state index contributed by atoms with van der Waals surface area (Å²) in [7, 11) is 0. The van der Waals surface area contributed by atoms with Crippen molar-refractivity contribution in [2.45, 2.75) is 45.3 Å². The van der Waals surface area contributed by atoms with E-state index in [2.05, 4.69) is 57.4 Å².